The number of aromatic nitrogens is 1. The van der Waals surface area contributed by atoms with Crippen molar-refractivity contribution in [1.29, 1.82) is 0 Å². The third kappa shape index (κ3) is 3.85. The van der Waals surface area contributed by atoms with Gasteiger partial charge in [0.25, 0.3) is 0 Å². The fourth-order valence-electron chi connectivity index (χ4n) is 3.81. The summed E-state index contributed by atoms with van der Waals surface area (Å²) < 4.78 is 19.3. The number of ether oxygens (including phenoxy) is 1. The Labute approximate surface area is 152 Å². The van der Waals surface area contributed by atoms with Gasteiger partial charge in [0.2, 0.25) is 5.91 Å². The van der Waals surface area contributed by atoms with E-state index < -0.39 is 0 Å². The van der Waals surface area contributed by atoms with Crippen LogP contribution in [0.5, 0.6) is 5.75 Å². The summed E-state index contributed by atoms with van der Waals surface area (Å²) in [7, 11) is 0. The molecule has 0 unspecified atom stereocenters. The Bertz CT molecular complexity index is 771. The summed E-state index contributed by atoms with van der Waals surface area (Å²) in [5, 5.41) is 0. The third-order valence-corrected chi connectivity index (χ3v) is 5.09. The Kier molecular flexibility index (Phi) is 4.84. The lowest BCUT2D eigenvalue weighted by Crippen LogP contribution is -2.52. The predicted molar refractivity (Wildman–Crippen MR) is 95.3 cm³/mol. The molecule has 2 aliphatic rings. The summed E-state index contributed by atoms with van der Waals surface area (Å²) in [6.45, 7) is 3.12. The number of fused-ring (bicyclic) bond motifs is 1. The third-order valence-electron chi connectivity index (χ3n) is 5.09. The first-order valence-corrected chi connectivity index (χ1v) is 9.01. The first-order chi connectivity index (χ1) is 12.7. The fourth-order valence-corrected chi connectivity index (χ4v) is 3.81. The molecular formula is C20H22FN3O2. The van der Waals surface area contributed by atoms with Crippen LogP contribution in [0.25, 0.3) is 0 Å². The number of hydrogen-bond donors (Lipinski definition) is 0. The molecule has 0 N–H and O–H groups in total. The van der Waals surface area contributed by atoms with Crippen LogP contribution in [-0.4, -0.2) is 59.0 Å². The number of hydrogen-bond acceptors (Lipinski definition) is 4. The van der Waals surface area contributed by atoms with Crippen LogP contribution in [0.2, 0.25) is 0 Å². The molecule has 4 rings (SSSR count). The van der Waals surface area contributed by atoms with Crippen LogP contribution in [0.3, 0.4) is 0 Å². The Morgan fingerprint density at radius 1 is 1.19 bits per heavy atom. The second-order valence-electron chi connectivity index (χ2n) is 6.92. The van der Waals surface area contributed by atoms with Gasteiger partial charge < -0.3 is 9.64 Å². The number of nitrogens with zero attached hydrogens (tertiary/aromatic N) is 3. The normalized spacial score (nSPS) is 22.9. The highest BCUT2D eigenvalue weighted by molar-refractivity contribution is 5.78. The molecule has 1 aromatic carbocycles. The van der Waals surface area contributed by atoms with Crippen LogP contribution in [0.1, 0.15) is 12.1 Å². The molecule has 0 bridgehead atoms. The fraction of sp³-hybridized carbons (Fsp3) is 0.400. The van der Waals surface area contributed by atoms with Crippen LogP contribution in [-0.2, 0) is 11.2 Å². The monoisotopic (exact) mass is 355 g/mol. The maximum Gasteiger partial charge on any atom is 0.228 e. The van der Waals surface area contributed by atoms with E-state index in [2.05, 4.69) is 9.88 Å². The number of amides is 1. The van der Waals surface area contributed by atoms with Gasteiger partial charge in [-0.3, -0.25) is 14.7 Å². The summed E-state index contributed by atoms with van der Waals surface area (Å²) in [5.41, 5.74) is 0.804. The molecule has 1 amide bonds. The molecule has 6 heteroatoms. The van der Waals surface area contributed by atoms with Gasteiger partial charge in [-0.2, -0.15) is 0 Å². The highest BCUT2D eigenvalue weighted by Gasteiger charge is 2.38. The number of piperazine rings is 1. The van der Waals surface area contributed by atoms with Gasteiger partial charge in [0, 0.05) is 56.6 Å². The molecule has 2 aliphatic heterocycles. The molecule has 0 spiro atoms. The van der Waals surface area contributed by atoms with E-state index >= 15 is 0 Å². The minimum Gasteiger partial charge on any atom is -0.489 e. The van der Waals surface area contributed by atoms with Crippen LogP contribution in [0.15, 0.2) is 48.7 Å². The molecular weight excluding hydrogens is 333 g/mol. The molecule has 0 aliphatic carbocycles. The zero-order chi connectivity index (χ0) is 17.9. The van der Waals surface area contributed by atoms with Gasteiger partial charge >= 0.3 is 0 Å². The molecule has 3 heterocycles. The van der Waals surface area contributed by atoms with Crippen LogP contribution in [0.4, 0.5) is 4.39 Å². The summed E-state index contributed by atoms with van der Waals surface area (Å²) >= 11 is 0. The van der Waals surface area contributed by atoms with Gasteiger partial charge in [-0.25, -0.2) is 4.39 Å². The average Bonchev–Trinajstić information content (AvgIpc) is 3.04. The van der Waals surface area contributed by atoms with E-state index in [0.29, 0.717) is 24.8 Å². The molecule has 2 aromatic rings. The number of halogens is 1. The Morgan fingerprint density at radius 2 is 2.12 bits per heavy atom. The van der Waals surface area contributed by atoms with Crippen LogP contribution in [0, 0.1) is 5.82 Å². The Balaban J connectivity index is 1.33. The molecule has 5 nitrogen and oxygen atoms in total. The minimum absolute atomic E-state index is 0.0349. The van der Waals surface area contributed by atoms with Gasteiger partial charge in [-0.1, -0.05) is 12.1 Å². The van der Waals surface area contributed by atoms with E-state index in [1.165, 1.54) is 12.1 Å². The maximum atomic E-state index is 13.3. The first kappa shape index (κ1) is 17.0. The quantitative estimate of drug-likeness (QED) is 0.843. The molecule has 1 aromatic heterocycles. The van der Waals surface area contributed by atoms with Crippen LogP contribution >= 0.6 is 0 Å². The molecule has 26 heavy (non-hydrogen) atoms. The van der Waals surface area contributed by atoms with Crippen molar-refractivity contribution < 1.29 is 13.9 Å². The van der Waals surface area contributed by atoms with Crippen molar-refractivity contribution in [1.82, 2.24) is 14.8 Å². The van der Waals surface area contributed by atoms with E-state index in [1.54, 1.807) is 18.3 Å². The van der Waals surface area contributed by atoms with Gasteiger partial charge in [0.05, 0.1) is 6.42 Å². The largest absolute Gasteiger partial charge is 0.489 e. The lowest BCUT2D eigenvalue weighted by Gasteiger charge is -2.37. The van der Waals surface area contributed by atoms with Crippen molar-refractivity contribution in [2.24, 2.45) is 0 Å². The number of carbonyl (C=O) groups excluding carboxylic acids is 1. The molecule has 2 atom stereocenters. The zero-order valence-electron chi connectivity index (χ0n) is 14.6. The van der Waals surface area contributed by atoms with E-state index in [9.17, 15) is 9.18 Å². The molecule has 0 radical (unpaired) electrons. The van der Waals surface area contributed by atoms with Crippen molar-refractivity contribution in [3.05, 3.63) is 60.2 Å². The van der Waals surface area contributed by atoms with Crippen molar-refractivity contribution in [3.8, 4) is 5.75 Å². The summed E-state index contributed by atoms with van der Waals surface area (Å²) in [5.74, 6) is 0.403. The predicted octanol–water partition coefficient (Wildman–Crippen LogP) is 2.13. The van der Waals surface area contributed by atoms with Crippen molar-refractivity contribution in [2.45, 2.75) is 25.0 Å². The average molecular weight is 355 g/mol. The smallest absolute Gasteiger partial charge is 0.228 e. The van der Waals surface area contributed by atoms with Crippen molar-refractivity contribution in [2.75, 3.05) is 26.2 Å². The molecule has 2 fully saturated rings. The van der Waals surface area contributed by atoms with Crippen LogP contribution < -0.4 is 4.74 Å². The lowest BCUT2D eigenvalue weighted by molar-refractivity contribution is -0.133. The molecule has 0 saturated carbocycles. The van der Waals surface area contributed by atoms with Gasteiger partial charge in [0.15, 0.2) is 0 Å². The van der Waals surface area contributed by atoms with E-state index in [1.807, 2.05) is 23.1 Å². The summed E-state index contributed by atoms with van der Waals surface area (Å²) in [6.07, 6.45) is 2.94. The first-order valence-electron chi connectivity index (χ1n) is 9.01. The standard InChI is InChI=1S/C20H22FN3O2/c21-15-4-3-6-18(10-15)26-19-12-17-13-24(9-8-23(17)14-19)20(25)11-16-5-1-2-7-22-16/h1-7,10,17,19H,8-9,11-14H2/t17-,19+/m0/s1. The second-order valence-corrected chi connectivity index (χ2v) is 6.92. The number of pyridine rings is 1. The lowest BCUT2D eigenvalue weighted by atomic mass is 10.1. The maximum absolute atomic E-state index is 13.3. The zero-order valence-corrected chi connectivity index (χ0v) is 14.6. The summed E-state index contributed by atoms with van der Waals surface area (Å²) in [6, 6.07) is 12.2. The minimum atomic E-state index is -0.287. The van der Waals surface area contributed by atoms with E-state index in [-0.39, 0.29) is 17.8 Å². The number of carbonyl (C=O) groups is 1. The SMILES string of the molecule is O=C(Cc1ccccn1)N1CCN2C[C@H](Oc3cccc(F)c3)C[C@H]2C1. The summed E-state index contributed by atoms with van der Waals surface area (Å²) in [4.78, 5) is 21.1. The van der Waals surface area contributed by atoms with Gasteiger partial charge in [0.1, 0.15) is 17.7 Å². The van der Waals surface area contributed by atoms with E-state index in [0.717, 1.165) is 31.7 Å². The second kappa shape index (κ2) is 7.41. The molecule has 136 valence electrons. The Morgan fingerprint density at radius 3 is 2.92 bits per heavy atom. The van der Waals surface area contributed by atoms with Crippen molar-refractivity contribution in [3.63, 3.8) is 0 Å². The molecule has 2 saturated heterocycles. The highest BCUT2D eigenvalue weighted by atomic mass is 19.1. The van der Waals surface area contributed by atoms with Gasteiger partial charge in [-0.15, -0.1) is 0 Å². The highest BCUT2D eigenvalue weighted by Crippen LogP contribution is 2.26. The number of rotatable bonds is 4. The topological polar surface area (TPSA) is 45.7 Å². The van der Waals surface area contributed by atoms with E-state index in [4.69, 9.17) is 4.74 Å². The van der Waals surface area contributed by atoms with Crippen molar-refractivity contribution >= 4 is 5.91 Å². The Hall–Kier alpha value is -2.47. The number of benzene rings is 1. The van der Waals surface area contributed by atoms with Gasteiger partial charge in [-0.05, 0) is 24.3 Å².